The Morgan fingerprint density at radius 3 is 0.910 bits per heavy atom. The van der Waals surface area contributed by atoms with Crippen molar-refractivity contribution in [3.8, 4) is 0 Å². The minimum Gasteiger partial charge on any atom is -0.462 e. The van der Waals surface area contributed by atoms with Crippen LogP contribution in [0.3, 0.4) is 0 Å². The molecular weight excluding hydrogens is 1040 g/mol. The van der Waals surface area contributed by atoms with Gasteiger partial charge in [-0.1, -0.05) is 240 Å². The van der Waals surface area contributed by atoms with Gasteiger partial charge in [0.1, 0.15) is 19.3 Å². The first kappa shape index (κ1) is 76.1. The van der Waals surface area contributed by atoms with Gasteiger partial charge >= 0.3 is 39.5 Å². The van der Waals surface area contributed by atoms with Crippen LogP contribution in [0.2, 0.25) is 0 Å². The molecule has 0 aliphatic heterocycles. The topological polar surface area (TPSA) is 237 Å². The molecular formula is C59H114O17P2. The Hall–Kier alpha value is -1.94. The maximum atomic E-state index is 12.9. The summed E-state index contributed by atoms with van der Waals surface area (Å²) in [7, 11) is -9.87. The number of phosphoric ester groups is 2. The molecule has 0 fully saturated rings. The first-order valence-corrected chi connectivity index (χ1v) is 34.2. The molecule has 0 aliphatic rings. The maximum Gasteiger partial charge on any atom is 0.472 e. The lowest BCUT2D eigenvalue weighted by molar-refractivity contribution is -0.161. The average molecular weight is 1160 g/mol. The van der Waals surface area contributed by atoms with Gasteiger partial charge in [-0.15, -0.1) is 0 Å². The summed E-state index contributed by atoms with van der Waals surface area (Å²) in [4.78, 5) is 71.8. The lowest BCUT2D eigenvalue weighted by Gasteiger charge is -2.21. The molecule has 0 saturated heterocycles. The largest absolute Gasteiger partial charge is 0.472 e. The Morgan fingerprint density at radius 1 is 0.359 bits per heavy atom. The average Bonchev–Trinajstić information content (AvgIpc) is 3.41. The van der Waals surface area contributed by atoms with E-state index < -0.39 is 97.5 Å². The van der Waals surface area contributed by atoms with Gasteiger partial charge in [-0.25, -0.2) is 9.13 Å². The fraction of sp³-hybridized carbons (Fsp3) is 0.932. The first-order valence-electron chi connectivity index (χ1n) is 31.2. The van der Waals surface area contributed by atoms with E-state index in [9.17, 15) is 43.2 Å². The predicted molar refractivity (Wildman–Crippen MR) is 308 cm³/mol. The van der Waals surface area contributed by atoms with E-state index in [-0.39, 0.29) is 25.7 Å². The SMILES string of the molecule is CCCCCCCCCCCCCCC(=O)O[C@H](COC(=O)CCCCCCCCC(C)CC)COP(=O)(O)OC[C@@H](O)COP(=O)(O)OC[C@@H](COC(=O)CCCCCCCCCC)OC(=O)CCCCCCCCCC. The molecule has 0 rings (SSSR count). The van der Waals surface area contributed by atoms with Gasteiger partial charge in [-0.3, -0.25) is 37.3 Å². The minimum atomic E-state index is -4.94. The summed E-state index contributed by atoms with van der Waals surface area (Å²) in [5.41, 5.74) is 0. The van der Waals surface area contributed by atoms with E-state index in [1.54, 1.807) is 0 Å². The van der Waals surface area contributed by atoms with Gasteiger partial charge in [0.05, 0.1) is 26.4 Å². The lowest BCUT2D eigenvalue weighted by atomic mass is 10.00. The number of rotatable bonds is 59. The van der Waals surface area contributed by atoms with Crippen LogP contribution in [0, 0.1) is 5.92 Å². The number of ether oxygens (including phenoxy) is 4. The third-order valence-corrected chi connectivity index (χ3v) is 15.8. The molecule has 462 valence electrons. The van der Waals surface area contributed by atoms with E-state index in [4.69, 9.17) is 37.0 Å². The Morgan fingerprint density at radius 2 is 0.615 bits per heavy atom. The molecule has 78 heavy (non-hydrogen) atoms. The smallest absolute Gasteiger partial charge is 0.462 e. The normalized spacial score (nSPS) is 14.7. The van der Waals surface area contributed by atoms with E-state index >= 15 is 0 Å². The zero-order valence-corrected chi connectivity index (χ0v) is 51.6. The second-order valence-electron chi connectivity index (χ2n) is 21.6. The Balaban J connectivity index is 5.22. The summed E-state index contributed by atoms with van der Waals surface area (Å²) in [6.45, 7) is 7.06. The van der Waals surface area contributed by atoms with Crippen molar-refractivity contribution in [2.75, 3.05) is 39.6 Å². The van der Waals surface area contributed by atoms with E-state index in [0.29, 0.717) is 25.7 Å². The molecule has 0 aromatic rings. The van der Waals surface area contributed by atoms with Crippen LogP contribution < -0.4 is 0 Å². The molecule has 0 aromatic carbocycles. The van der Waals surface area contributed by atoms with Crippen LogP contribution in [0.1, 0.15) is 291 Å². The molecule has 0 aliphatic carbocycles. The van der Waals surface area contributed by atoms with Crippen molar-refractivity contribution in [3.05, 3.63) is 0 Å². The number of aliphatic hydroxyl groups excluding tert-OH is 1. The molecule has 0 heterocycles. The van der Waals surface area contributed by atoms with Gasteiger partial charge in [0, 0.05) is 25.7 Å². The van der Waals surface area contributed by atoms with Crippen LogP contribution in [0.5, 0.6) is 0 Å². The molecule has 6 atom stereocenters. The van der Waals surface area contributed by atoms with Gasteiger partial charge in [0.25, 0.3) is 0 Å². The number of hydrogen-bond acceptors (Lipinski definition) is 15. The first-order chi connectivity index (χ1) is 37.6. The van der Waals surface area contributed by atoms with Gasteiger partial charge in [0.2, 0.25) is 0 Å². The third-order valence-electron chi connectivity index (χ3n) is 13.9. The van der Waals surface area contributed by atoms with Crippen molar-refractivity contribution in [3.63, 3.8) is 0 Å². The Kier molecular flexibility index (Phi) is 51.8. The predicted octanol–water partition coefficient (Wildman–Crippen LogP) is 15.8. The molecule has 0 saturated carbocycles. The zero-order chi connectivity index (χ0) is 57.8. The highest BCUT2D eigenvalue weighted by Crippen LogP contribution is 2.45. The van der Waals surface area contributed by atoms with Crippen molar-refractivity contribution in [2.24, 2.45) is 5.92 Å². The zero-order valence-electron chi connectivity index (χ0n) is 49.8. The second kappa shape index (κ2) is 53.1. The lowest BCUT2D eigenvalue weighted by Crippen LogP contribution is -2.30. The fourth-order valence-electron chi connectivity index (χ4n) is 8.67. The van der Waals surface area contributed by atoms with Crippen LogP contribution in [0.4, 0.5) is 0 Å². The minimum absolute atomic E-state index is 0.105. The molecule has 0 amide bonds. The van der Waals surface area contributed by atoms with Gasteiger partial charge in [-0.05, 0) is 31.6 Å². The molecule has 0 aromatic heterocycles. The van der Waals surface area contributed by atoms with Gasteiger partial charge in [-0.2, -0.15) is 0 Å². The highest BCUT2D eigenvalue weighted by molar-refractivity contribution is 7.47. The number of carbonyl (C=O) groups excluding carboxylic acids is 4. The van der Waals surface area contributed by atoms with E-state index in [2.05, 4.69) is 34.6 Å². The van der Waals surface area contributed by atoms with Gasteiger partial charge < -0.3 is 33.8 Å². The van der Waals surface area contributed by atoms with E-state index in [0.717, 1.165) is 115 Å². The summed E-state index contributed by atoms with van der Waals surface area (Å²) in [5.74, 6) is -1.41. The van der Waals surface area contributed by atoms with E-state index in [1.165, 1.54) is 96.3 Å². The molecule has 0 bridgehead atoms. The number of hydrogen-bond donors (Lipinski definition) is 3. The summed E-state index contributed by atoms with van der Waals surface area (Å²) in [5, 5.41) is 10.5. The van der Waals surface area contributed by atoms with Crippen molar-refractivity contribution in [2.45, 2.75) is 310 Å². The summed E-state index contributed by atoms with van der Waals surface area (Å²) >= 11 is 0. The molecule has 0 spiro atoms. The molecule has 3 N–H and O–H groups in total. The highest BCUT2D eigenvalue weighted by Gasteiger charge is 2.30. The number of unbranched alkanes of at least 4 members (excludes halogenated alkanes) is 30. The summed E-state index contributed by atoms with van der Waals surface area (Å²) in [6, 6.07) is 0. The number of aliphatic hydroxyl groups is 1. The van der Waals surface area contributed by atoms with Crippen molar-refractivity contribution >= 4 is 39.5 Å². The van der Waals surface area contributed by atoms with Crippen LogP contribution in [-0.4, -0.2) is 96.7 Å². The highest BCUT2D eigenvalue weighted by atomic mass is 31.2. The Labute approximate surface area is 473 Å². The third kappa shape index (κ3) is 52.2. The van der Waals surface area contributed by atoms with Crippen LogP contribution in [0.25, 0.3) is 0 Å². The van der Waals surface area contributed by atoms with Crippen molar-refractivity contribution in [1.82, 2.24) is 0 Å². The van der Waals surface area contributed by atoms with E-state index in [1.807, 2.05) is 0 Å². The number of esters is 4. The molecule has 0 radical (unpaired) electrons. The molecule has 17 nitrogen and oxygen atoms in total. The van der Waals surface area contributed by atoms with Crippen LogP contribution in [0.15, 0.2) is 0 Å². The van der Waals surface area contributed by atoms with Crippen LogP contribution >= 0.6 is 15.6 Å². The maximum absolute atomic E-state index is 12.9. The second-order valence-corrected chi connectivity index (χ2v) is 24.5. The van der Waals surface area contributed by atoms with Crippen LogP contribution in [-0.2, 0) is 65.4 Å². The number of carbonyl (C=O) groups is 4. The van der Waals surface area contributed by atoms with Crippen molar-refractivity contribution in [1.29, 1.82) is 0 Å². The number of phosphoric acid groups is 2. The Bertz CT molecular complexity index is 1540. The van der Waals surface area contributed by atoms with Gasteiger partial charge in [0.15, 0.2) is 12.2 Å². The standard InChI is InChI=1S/C59H114O17P2/c1-6-10-13-16-19-22-23-24-25-28-35-40-45-59(64)76-55(49-70-57(62)43-38-33-30-29-31-36-41-52(5)9-4)51-74-78(67,68)72-47-53(60)46-71-77(65,66)73-50-54(75-58(63)44-39-34-27-21-18-15-12-8-3)48-69-56(61)42-37-32-26-20-17-14-11-7-2/h52-55,60H,6-51H2,1-5H3,(H,65,66)(H,67,68)/t52?,53-,54+,55+/m0/s1. The summed E-state index contributed by atoms with van der Waals surface area (Å²) in [6.07, 6.45) is 34.9. The van der Waals surface area contributed by atoms with Crippen molar-refractivity contribution < 1.29 is 80.2 Å². The molecule has 19 heteroatoms. The quantitative estimate of drug-likeness (QED) is 0.0222. The fourth-order valence-corrected chi connectivity index (χ4v) is 10.2. The summed E-state index contributed by atoms with van der Waals surface area (Å²) < 4.78 is 67.7. The monoisotopic (exact) mass is 1160 g/mol. The molecule has 3 unspecified atom stereocenters.